The SMILES string of the molecule is COC(=O)C[C@@H](N)c1cc(F)cc(F)c1. The van der Waals surface area contributed by atoms with E-state index in [9.17, 15) is 13.6 Å². The van der Waals surface area contributed by atoms with E-state index in [1.165, 1.54) is 7.11 Å². The molecule has 0 saturated carbocycles. The van der Waals surface area contributed by atoms with Crippen molar-refractivity contribution in [2.45, 2.75) is 12.5 Å². The Morgan fingerprint density at radius 3 is 2.40 bits per heavy atom. The summed E-state index contributed by atoms with van der Waals surface area (Å²) in [4.78, 5) is 10.9. The molecule has 1 aromatic carbocycles. The van der Waals surface area contributed by atoms with Gasteiger partial charge in [-0.1, -0.05) is 0 Å². The molecule has 0 aliphatic heterocycles. The molecule has 1 aromatic rings. The van der Waals surface area contributed by atoms with Crippen LogP contribution in [0, 0.1) is 11.6 Å². The molecule has 0 spiro atoms. The second-order valence-electron chi connectivity index (χ2n) is 3.09. The van der Waals surface area contributed by atoms with Crippen molar-refractivity contribution in [3.05, 3.63) is 35.4 Å². The van der Waals surface area contributed by atoms with Crippen LogP contribution in [0.15, 0.2) is 18.2 Å². The van der Waals surface area contributed by atoms with Gasteiger partial charge in [-0.3, -0.25) is 4.79 Å². The fraction of sp³-hybridized carbons (Fsp3) is 0.300. The summed E-state index contributed by atoms with van der Waals surface area (Å²) >= 11 is 0. The lowest BCUT2D eigenvalue weighted by Gasteiger charge is -2.10. The third kappa shape index (κ3) is 3.28. The second kappa shape index (κ2) is 4.84. The van der Waals surface area contributed by atoms with Crippen molar-refractivity contribution in [1.29, 1.82) is 0 Å². The van der Waals surface area contributed by atoms with Crippen molar-refractivity contribution < 1.29 is 18.3 Å². The smallest absolute Gasteiger partial charge is 0.307 e. The number of benzene rings is 1. The first-order chi connectivity index (χ1) is 7.02. The van der Waals surface area contributed by atoms with Gasteiger partial charge in [0, 0.05) is 12.1 Å². The molecule has 1 rings (SSSR count). The van der Waals surface area contributed by atoms with Crippen LogP contribution in [0.4, 0.5) is 8.78 Å². The van der Waals surface area contributed by atoms with Gasteiger partial charge in [0.25, 0.3) is 0 Å². The van der Waals surface area contributed by atoms with Crippen LogP contribution in [0.2, 0.25) is 0 Å². The van der Waals surface area contributed by atoms with E-state index < -0.39 is 23.6 Å². The van der Waals surface area contributed by atoms with Crippen LogP contribution in [-0.2, 0) is 9.53 Å². The summed E-state index contributed by atoms with van der Waals surface area (Å²) < 4.78 is 30.0. The summed E-state index contributed by atoms with van der Waals surface area (Å²) in [5, 5.41) is 0. The number of halogens is 2. The minimum Gasteiger partial charge on any atom is -0.469 e. The molecule has 0 unspecified atom stereocenters. The van der Waals surface area contributed by atoms with Gasteiger partial charge < -0.3 is 10.5 Å². The predicted molar refractivity (Wildman–Crippen MR) is 49.9 cm³/mol. The fourth-order valence-corrected chi connectivity index (χ4v) is 1.17. The number of hydrogen-bond donors (Lipinski definition) is 1. The Bertz CT molecular complexity index is 348. The number of carbonyl (C=O) groups excluding carboxylic acids is 1. The Kier molecular flexibility index (Phi) is 3.74. The highest BCUT2D eigenvalue weighted by Gasteiger charge is 2.13. The molecule has 0 heterocycles. The molecule has 0 aromatic heterocycles. The largest absolute Gasteiger partial charge is 0.469 e. The maximum absolute atomic E-state index is 12.8. The monoisotopic (exact) mass is 215 g/mol. The highest BCUT2D eigenvalue weighted by atomic mass is 19.1. The van der Waals surface area contributed by atoms with Crippen LogP contribution in [0.1, 0.15) is 18.0 Å². The Morgan fingerprint density at radius 2 is 1.93 bits per heavy atom. The molecule has 15 heavy (non-hydrogen) atoms. The van der Waals surface area contributed by atoms with Crippen molar-refractivity contribution in [2.75, 3.05) is 7.11 Å². The lowest BCUT2D eigenvalue weighted by atomic mass is 10.0. The number of esters is 1. The minimum atomic E-state index is -0.761. The Hall–Kier alpha value is -1.49. The molecule has 2 N–H and O–H groups in total. The average molecular weight is 215 g/mol. The summed E-state index contributed by atoms with van der Waals surface area (Å²) in [6.45, 7) is 0. The van der Waals surface area contributed by atoms with Crippen LogP contribution in [0.25, 0.3) is 0 Å². The zero-order valence-corrected chi connectivity index (χ0v) is 8.17. The highest BCUT2D eigenvalue weighted by molar-refractivity contribution is 5.70. The number of carbonyl (C=O) groups is 1. The van der Waals surface area contributed by atoms with Gasteiger partial charge in [0.2, 0.25) is 0 Å². The molecule has 82 valence electrons. The topological polar surface area (TPSA) is 52.3 Å². The Labute approximate surface area is 85.8 Å². The lowest BCUT2D eigenvalue weighted by molar-refractivity contribution is -0.141. The van der Waals surface area contributed by atoms with Gasteiger partial charge in [-0.2, -0.15) is 0 Å². The molecule has 0 saturated heterocycles. The van der Waals surface area contributed by atoms with E-state index in [-0.39, 0.29) is 12.0 Å². The zero-order valence-electron chi connectivity index (χ0n) is 8.17. The molecule has 0 radical (unpaired) electrons. The predicted octanol–water partition coefficient (Wildman–Crippen LogP) is 1.53. The third-order valence-corrected chi connectivity index (χ3v) is 1.93. The van der Waals surface area contributed by atoms with E-state index >= 15 is 0 Å². The summed E-state index contributed by atoms with van der Waals surface area (Å²) in [7, 11) is 1.22. The second-order valence-corrected chi connectivity index (χ2v) is 3.09. The molecule has 0 aliphatic rings. The van der Waals surface area contributed by atoms with E-state index in [1.807, 2.05) is 0 Å². The molecule has 0 bridgehead atoms. The third-order valence-electron chi connectivity index (χ3n) is 1.93. The normalized spacial score (nSPS) is 12.3. The quantitative estimate of drug-likeness (QED) is 0.778. The van der Waals surface area contributed by atoms with Gasteiger partial charge in [-0.25, -0.2) is 8.78 Å². The van der Waals surface area contributed by atoms with Gasteiger partial charge in [0.1, 0.15) is 11.6 Å². The van der Waals surface area contributed by atoms with E-state index in [2.05, 4.69) is 4.74 Å². The molecule has 0 aliphatic carbocycles. The molecule has 1 atom stereocenters. The molecule has 3 nitrogen and oxygen atoms in total. The molecular weight excluding hydrogens is 204 g/mol. The van der Waals surface area contributed by atoms with Crippen LogP contribution in [-0.4, -0.2) is 13.1 Å². The van der Waals surface area contributed by atoms with Crippen LogP contribution < -0.4 is 5.73 Å². The van der Waals surface area contributed by atoms with Gasteiger partial charge >= 0.3 is 5.97 Å². The first-order valence-corrected chi connectivity index (χ1v) is 4.31. The molecule has 5 heteroatoms. The fourth-order valence-electron chi connectivity index (χ4n) is 1.17. The summed E-state index contributed by atoms with van der Waals surface area (Å²) in [5.74, 6) is -1.96. The number of hydrogen-bond acceptors (Lipinski definition) is 3. The van der Waals surface area contributed by atoms with Crippen LogP contribution >= 0.6 is 0 Å². The Morgan fingerprint density at radius 1 is 1.40 bits per heavy atom. The van der Waals surface area contributed by atoms with E-state index in [0.29, 0.717) is 0 Å². The molecule has 0 amide bonds. The van der Waals surface area contributed by atoms with E-state index in [0.717, 1.165) is 18.2 Å². The number of methoxy groups -OCH3 is 1. The summed E-state index contributed by atoms with van der Waals surface area (Å²) in [5.41, 5.74) is 5.81. The number of nitrogens with two attached hydrogens (primary N) is 1. The first-order valence-electron chi connectivity index (χ1n) is 4.31. The summed E-state index contributed by atoms with van der Waals surface area (Å²) in [6, 6.07) is 2.17. The Balaban J connectivity index is 2.81. The highest BCUT2D eigenvalue weighted by Crippen LogP contribution is 2.17. The van der Waals surface area contributed by atoms with Crippen molar-refractivity contribution in [1.82, 2.24) is 0 Å². The molecule has 0 fully saturated rings. The van der Waals surface area contributed by atoms with Gasteiger partial charge in [0.15, 0.2) is 0 Å². The average Bonchev–Trinajstić information content (AvgIpc) is 2.16. The van der Waals surface area contributed by atoms with Crippen molar-refractivity contribution in [3.63, 3.8) is 0 Å². The van der Waals surface area contributed by atoms with Crippen LogP contribution in [0.5, 0.6) is 0 Å². The van der Waals surface area contributed by atoms with Gasteiger partial charge in [-0.05, 0) is 17.7 Å². The first kappa shape index (κ1) is 11.6. The zero-order chi connectivity index (χ0) is 11.4. The number of rotatable bonds is 3. The van der Waals surface area contributed by atoms with Gasteiger partial charge in [-0.15, -0.1) is 0 Å². The minimum absolute atomic E-state index is 0.112. The standard InChI is InChI=1S/C10H11F2NO2/c1-15-10(14)5-9(13)6-2-7(11)4-8(12)3-6/h2-4,9H,5,13H2,1H3/t9-/m1/s1. The van der Waals surface area contributed by atoms with E-state index in [1.54, 1.807) is 0 Å². The number of ether oxygens (including phenoxy) is 1. The molecular formula is C10H11F2NO2. The van der Waals surface area contributed by atoms with Gasteiger partial charge in [0.05, 0.1) is 13.5 Å². The summed E-state index contributed by atoms with van der Waals surface area (Å²) in [6.07, 6.45) is -0.112. The van der Waals surface area contributed by atoms with Crippen LogP contribution in [0.3, 0.4) is 0 Å². The van der Waals surface area contributed by atoms with Crippen molar-refractivity contribution >= 4 is 5.97 Å². The lowest BCUT2D eigenvalue weighted by Crippen LogP contribution is -2.16. The van der Waals surface area contributed by atoms with E-state index in [4.69, 9.17) is 5.73 Å². The van der Waals surface area contributed by atoms with Crippen molar-refractivity contribution in [3.8, 4) is 0 Å². The van der Waals surface area contributed by atoms with Crippen molar-refractivity contribution in [2.24, 2.45) is 5.73 Å². The maximum atomic E-state index is 12.8. The maximum Gasteiger partial charge on any atom is 0.307 e.